The number of aryl methyl sites for hydroxylation is 1. The molecule has 2 heterocycles. The van der Waals surface area contributed by atoms with Gasteiger partial charge in [-0.25, -0.2) is 9.07 Å². The average Bonchev–Trinajstić information content (AvgIpc) is 3.59. The maximum atomic E-state index is 15.3. The van der Waals surface area contributed by atoms with Gasteiger partial charge < -0.3 is 4.74 Å². The van der Waals surface area contributed by atoms with Crippen molar-refractivity contribution in [1.29, 1.82) is 0 Å². The normalized spacial score (nSPS) is 16.9. The zero-order valence-electron chi connectivity index (χ0n) is 20.7. The molecule has 9 heteroatoms. The summed E-state index contributed by atoms with van der Waals surface area (Å²) in [5.74, 6) is 0.552. The summed E-state index contributed by atoms with van der Waals surface area (Å²) in [4.78, 5) is 0. The first kappa shape index (κ1) is 24.1. The molecule has 1 unspecified atom stereocenters. The van der Waals surface area contributed by atoms with Crippen molar-refractivity contribution in [2.75, 3.05) is 0 Å². The quantitative estimate of drug-likeness (QED) is 0.309. The fourth-order valence-corrected chi connectivity index (χ4v) is 5.93. The molecule has 1 fully saturated rings. The largest absolute Gasteiger partial charge is 0.487 e. The van der Waals surface area contributed by atoms with E-state index in [2.05, 4.69) is 25.3 Å². The lowest BCUT2D eigenvalue weighted by Crippen LogP contribution is -2.32. The molecule has 0 radical (unpaired) electrons. The molecule has 2 aromatic carbocycles. The number of tetrazole rings is 1. The Morgan fingerprint density at radius 1 is 1.03 bits per heavy atom. The smallest absolute Gasteiger partial charge is 0.204 e. The van der Waals surface area contributed by atoms with Crippen LogP contribution < -0.4 is 4.74 Å². The second kappa shape index (κ2) is 10.6. The molecule has 6 rings (SSSR count). The van der Waals surface area contributed by atoms with Gasteiger partial charge in [-0.1, -0.05) is 30.9 Å². The lowest BCUT2D eigenvalue weighted by molar-refractivity contribution is 0.101. The molecular weight excluding hydrogens is 491 g/mol. The van der Waals surface area contributed by atoms with E-state index in [1.807, 2.05) is 24.3 Å². The van der Waals surface area contributed by atoms with E-state index in [1.165, 1.54) is 42.3 Å². The number of fused-ring (bicyclic) bond motifs is 1. The van der Waals surface area contributed by atoms with E-state index < -0.39 is 5.82 Å². The SMILES string of the molecule is Fc1cc(-c2nn[nH]n2)ccc1OC(Cc1c2c(nn1-c1ccc(Cl)cc1)CCCC2)C1CCCCC1. The molecule has 1 saturated carbocycles. The van der Waals surface area contributed by atoms with Crippen LogP contribution in [0.1, 0.15) is 61.9 Å². The number of hydrogen-bond acceptors (Lipinski definition) is 5. The Kier molecular flexibility index (Phi) is 6.91. The molecule has 1 N–H and O–H groups in total. The molecule has 1 atom stereocenters. The minimum Gasteiger partial charge on any atom is -0.487 e. The Morgan fingerprint density at radius 3 is 2.59 bits per heavy atom. The molecule has 2 aromatic heterocycles. The molecule has 0 saturated heterocycles. The number of benzene rings is 2. The number of hydrogen-bond donors (Lipinski definition) is 1. The summed E-state index contributed by atoms with van der Waals surface area (Å²) in [5, 5.41) is 19.6. The third-order valence-corrected chi connectivity index (χ3v) is 7.97. The highest BCUT2D eigenvalue weighted by molar-refractivity contribution is 6.30. The maximum absolute atomic E-state index is 15.3. The van der Waals surface area contributed by atoms with Gasteiger partial charge in [0.05, 0.1) is 17.1 Å². The Labute approximate surface area is 220 Å². The summed E-state index contributed by atoms with van der Waals surface area (Å²) in [6, 6.07) is 12.7. The first-order valence-corrected chi connectivity index (χ1v) is 13.6. The maximum Gasteiger partial charge on any atom is 0.204 e. The van der Waals surface area contributed by atoms with Gasteiger partial charge in [0, 0.05) is 17.0 Å². The summed E-state index contributed by atoms with van der Waals surface area (Å²) >= 11 is 6.18. The molecule has 0 spiro atoms. The van der Waals surface area contributed by atoms with Crippen molar-refractivity contribution in [3.8, 4) is 22.8 Å². The molecule has 0 amide bonds. The predicted molar refractivity (Wildman–Crippen MR) is 139 cm³/mol. The van der Waals surface area contributed by atoms with Gasteiger partial charge in [0.1, 0.15) is 6.10 Å². The molecule has 37 heavy (non-hydrogen) atoms. The molecular formula is C28H30ClFN6O. The molecule has 2 aliphatic rings. The molecule has 192 valence electrons. The van der Waals surface area contributed by atoms with Gasteiger partial charge >= 0.3 is 0 Å². The lowest BCUT2D eigenvalue weighted by Gasteiger charge is -2.31. The van der Waals surface area contributed by atoms with E-state index in [0.717, 1.165) is 44.2 Å². The number of H-pyrrole nitrogens is 1. The van der Waals surface area contributed by atoms with Crippen LogP contribution in [0.4, 0.5) is 4.39 Å². The van der Waals surface area contributed by atoms with Gasteiger partial charge in [0.2, 0.25) is 5.82 Å². The van der Waals surface area contributed by atoms with E-state index in [1.54, 1.807) is 12.1 Å². The second-order valence-electron chi connectivity index (χ2n) is 10.1. The van der Waals surface area contributed by atoms with Gasteiger partial charge in [0.15, 0.2) is 11.6 Å². The van der Waals surface area contributed by atoms with Crippen molar-refractivity contribution < 1.29 is 9.13 Å². The van der Waals surface area contributed by atoms with Gasteiger partial charge in [-0.3, -0.25) is 0 Å². The van der Waals surface area contributed by atoms with Crippen molar-refractivity contribution in [2.24, 2.45) is 5.92 Å². The van der Waals surface area contributed by atoms with E-state index >= 15 is 4.39 Å². The van der Waals surface area contributed by atoms with Crippen LogP contribution in [-0.4, -0.2) is 36.5 Å². The third kappa shape index (κ3) is 5.12. The molecule has 4 aromatic rings. The third-order valence-electron chi connectivity index (χ3n) is 7.72. The van der Waals surface area contributed by atoms with Crippen molar-refractivity contribution in [1.82, 2.24) is 30.4 Å². The Hall–Kier alpha value is -3.26. The number of aromatic nitrogens is 6. The number of aromatic amines is 1. The fraction of sp³-hybridized carbons (Fsp3) is 0.429. The first-order valence-electron chi connectivity index (χ1n) is 13.2. The Bertz CT molecular complexity index is 1350. The van der Waals surface area contributed by atoms with Crippen LogP contribution in [0.3, 0.4) is 0 Å². The number of halogens is 2. The van der Waals surface area contributed by atoms with Crippen LogP contribution in [0.15, 0.2) is 42.5 Å². The topological polar surface area (TPSA) is 81.5 Å². The van der Waals surface area contributed by atoms with Gasteiger partial charge in [-0.2, -0.15) is 10.3 Å². The minimum absolute atomic E-state index is 0.153. The lowest BCUT2D eigenvalue weighted by atomic mass is 9.82. The summed E-state index contributed by atoms with van der Waals surface area (Å²) in [7, 11) is 0. The monoisotopic (exact) mass is 520 g/mol. The van der Waals surface area contributed by atoms with Crippen molar-refractivity contribution in [3.05, 3.63) is 70.3 Å². The number of rotatable bonds is 7. The summed E-state index contributed by atoms with van der Waals surface area (Å²) in [6.07, 6.45) is 10.6. The van der Waals surface area contributed by atoms with Gasteiger partial charge in [0.25, 0.3) is 0 Å². The summed E-state index contributed by atoms with van der Waals surface area (Å²) in [6.45, 7) is 0. The van der Waals surface area contributed by atoms with Crippen molar-refractivity contribution in [3.63, 3.8) is 0 Å². The molecule has 2 aliphatic carbocycles. The molecule has 7 nitrogen and oxygen atoms in total. The minimum atomic E-state index is -0.420. The number of nitrogens with zero attached hydrogens (tertiary/aromatic N) is 5. The van der Waals surface area contributed by atoms with E-state index in [9.17, 15) is 0 Å². The van der Waals surface area contributed by atoms with Crippen molar-refractivity contribution in [2.45, 2.75) is 70.3 Å². The highest BCUT2D eigenvalue weighted by Gasteiger charge is 2.31. The van der Waals surface area contributed by atoms with Crippen LogP contribution in [0.25, 0.3) is 17.1 Å². The standard InChI is InChI=1S/C28H30ClFN6O/c29-20-11-13-21(14-12-20)36-25(22-8-4-5-9-24(22)33-36)17-27(18-6-2-1-3-7-18)37-26-15-10-19(16-23(26)30)28-31-34-35-32-28/h10-16,18,27H,1-9,17H2,(H,31,32,34,35). The fourth-order valence-electron chi connectivity index (χ4n) is 5.81. The van der Waals surface area contributed by atoms with Gasteiger partial charge in [-0.15, -0.1) is 10.2 Å². The zero-order valence-corrected chi connectivity index (χ0v) is 21.4. The Balaban J connectivity index is 1.35. The molecule has 0 aliphatic heterocycles. The summed E-state index contributed by atoms with van der Waals surface area (Å²) in [5.41, 5.74) is 5.23. The van der Waals surface area contributed by atoms with Crippen molar-refractivity contribution >= 4 is 11.6 Å². The van der Waals surface area contributed by atoms with Crippen LogP contribution >= 0.6 is 11.6 Å². The zero-order chi connectivity index (χ0) is 25.2. The van der Waals surface area contributed by atoms with E-state index in [4.69, 9.17) is 21.4 Å². The Morgan fingerprint density at radius 2 is 1.84 bits per heavy atom. The van der Waals surface area contributed by atoms with Crippen LogP contribution in [0, 0.1) is 11.7 Å². The average molecular weight is 521 g/mol. The van der Waals surface area contributed by atoms with E-state index in [0.29, 0.717) is 28.7 Å². The predicted octanol–water partition coefficient (Wildman–Crippen LogP) is 6.29. The van der Waals surface area contributed by atoms with Gasteiger partial charge in [-0.05, 0) is 97.7 Å². The van der Waals surface area contributed by atoms with E-state index in [-0.39, 0.29) is 11.9 Å². The second-order valence-corrected chi connectivity index (χ2v) is 10.5. The van der Waals surface area contributed by atoms with Crippen LogP contribution in [-0.2, 0) is 19.3 Å². The first-order chi connectivity index (χ1) is 18.2. The highest BCUT2D eigenvalue weighted by Crippen LogP contribution is 2.35. The number of ether oxygens (including phenoxy) is 1. The van der Waals surface area contributed by atoms with Crippen LogP contribution in [0.2, 0.25) is 5.02 Å². The highest BCUT2D eigenvalue weighted by atomic mass is 35.5. The molecule has 0 bridgehead atoms. The van der Waals surface area contributed by atoms with Crippen LogP contribution in [0.5, 0.6) is 5.75 Å². The summed E-state index contributed by atoms with van der Waals surface area (Å²) < 4.78 is 23.9. The number of nitrogens with one attached hydrogen (secondary N) is 1.